The van der Waals surface area contributed by atoms with Gasteiger partial charge in [-0.2, -0.15) is 18.3 Å². The maximum Gasteiger partial charge on any atom is 0.490 e. The Morgan fingerprint density at radius 3 is 2.50 bits per heavy atom. The molecule has 4 rings (SSSR count). The molecule has 2 N–H and O–H groups in total. The third-order valence-corrected chi connectivity index (χ3v) is 5.23. The summed E-state index contributed by atoms with van der Waals surface area (Å²) in [7, 11) is 0. The van der Waals surface area contributed by atoms with E-state index < -0.39 is 12.1 Å². The normalized spacial score (nSPS) is 14.7. The van der Waals surface area contributed by atoms with E-state index in [0.29, 0.717) is 13.2 Å². The minimum atomic E-state index is -5.08. The van der Waals surface area contributed by atoms with Gasteiger partial charge in [0.05, 0.1) is 18.8 Å². The predicted molar refractivity (Wildman–Crippen MR) is 124 cm³/mol. The zero-order valence-corrected chi connectivity index (χ0v) is 19.5. The molecule has 0 fully saturated rings. The third-order valence-electron chi connectivity index (χ3n) is 5.23. The van der Waals surface area contributed by atoms with Crippen molar-refractivity contribution < 1.29 is 37.3 Å². The first-order valence-electron chi connectivity index (χ1n) is 11.1. The minimum Gasteiger partial charge on any atom is -0.484 e. The predicted octanol–water partition coefficient (Wildman–Crippen LogP) is 3.68. The van der Waals surface area contributed by atoms with E-state index in [1.807, 2.05) is 54.1 Å². The second-order valence-corrected chi connectivity index (χ2v) is 7.99. The van der Waals surface area contributed by atoms with Crippen LogP contribution < -0.4 is 10.1 Å². The summed E-state index contributed by atoms with van der Waals surface area (Å²) in [6, 6.07) is 17.9. The molecule has 192 valence electrons. The van der Waals surface area contributed by atoms with Crippen LogP contribution in [-0.2, 0) is 27.3 Å². The van der Waals surface area contributed by atoms with Crippen LogP contribution in [0.25, 0.3) is 0 Å². The lowest BCUT2D eigenvalue weighted by molar-refractivity contribution is -0.192. The number of aromatic nitrogens is 2. The summed E-state index contributed by atoms with van der Waals surface area (Å²) in [4.78, 5) is 21.1. The Bertz CT molecular complexity index is 1170. The van der Waals surface area contributed by atoms with Crippen LogP contribution in [-0.4, -0.2) is 52.7 Å². The molecule has 1 amide bonds. The third kappa shape index (κ3) is 7.84. The number of benzene rings is 2. The van der Waals surface area contributed by atoms with Gasteiger partial charge in [0.1, 0.15) is 11.9 Å². The molecule has 0 spiro atoms. The first-order valence-corrected chi connectivity index (χ1v) is 11.1. The number of fused-ring (bicyclic) bond motifs is 1. The zero-order valence-electron chi connectivity index (χ0n) is 19.5. The zero-order chi connectivity index (χ0) is 26.1. The standard InChI is InChI=1S/C23H25N3O3.C2HF3O2/c1-17-7-5-6-10-20(17)29-16-22(27)24-13-21-23-19(11-12-28-21)15-26(25-23)14-18-8-3-2-4-9-18;3-2(4,5)1(6)7/h2-10,15,21H,11-14,16H2,1H3,(H,24,27);(H,6,7). The topological polar surface area (TPSA) is 103 Å². The average Bonchev–Trinajstić information content (AvgIpc) is 3.25. The molecule has 1 aliphatic heterocycles. The lowest BCUT2D eigenvalue weighted by Crippen LogP contribution is -2.34. The molecule has 36 heavy (non-hydrogen) atoms. The summed E-state index contributed by atoms with van der Waals surface area (Å²) < 4.78 is 45.2. The van der Waals surface area contributed by atoms with E-state index in [1.54, 1.807) is 0 Å². The van der Waals surface area contributed by atoms with Crippen LogP contribution in [0.1, 0.15) is 28.5 Å². The van der Waals surface area contributed by atoms with Crippen LogP contribution >= 0.6 is 0 Å². The maximum atomic E-state index is 12.2. The number of nitrogens with one attached hydrogen (secondary N) is 1. The summed E-state index contributed by atoms with van der Waals surface area (Å²) in [5.41, 5.74) is 4.30. The Kier molecular flexibility index (Phi) is 9.07. The highest BCUT2D eigenvalue weighted by Gasteiger charge is 2.38. The molecule has 2 heterocycles. The SMILES string of the molecule is Cc1ccccc1OCC(=O)NCC1OCCc2cn(Cc3ccccc3)nc21.O=C(O)C(F)(F)F. The van der Waals surface area contributed by atoms with Crippen molar-refractivity contribution in [2.45, 2.75) is 32.2 Å². The molecule has 0 aliphatic carbocycles. The number of halogens is 3. The van der Waals surface area contributed by atoms with E-state index in [1.165, 1.54) is 11.1 Å². The summed E-state index contributed by atoms with van der Waals surface area (Å²) in [6.07, 6.45) is -2.40. The van der Waals surface area contributed by atoms with Gasteiger partial charge >= 0.3 is 12.1 Å². The van der Waals surface area contributed by atoms with E-state index in [4.69, 9.17) is 24.5 Å². The van der Waals surface area contributed by atoms with Crippen molar-refractivity contribution in [3.05, 3.63) is 83.2 Å². The van der Waals surface area contributed by atoms with Gasteiger partial charge in [0.2, 0.25) is 0 Å². The number of rotatable bonds is 7. The Balaban J connectivity index is 0.000000454. The molecule has 0 radical (unpaired) electrons. The van der Waals surface area contributed by atoms with Gasteiger partial charge in [0, 0.05) is 12.7 Å². The molecule has 0 saturated heterocycles. The summed E-state index contributed by atoms with van der Waals surface area (Å²) in [5.74, 6) is -2.21. The van der Waals surface area contributed by atoms with Crippen LogP contribution in [0.4, 0.5) is 13.2 Å². The molecule has 11 heteroatoms. The van der Waals surface area contributed by atoms with Gasteiger partial charge in [0.25, 0.3) is 5.91 Å². The second-order valence-electron chi connectivity index (χ2n) is 7.99. The van der Waals surface area contributed by atoms with Crippen LogP contribution in [0.5, 0.6) is 5.75 Å². The fraction of sp³-hybridized carbons (Fsp3) is 0.320. The number of amides is 1. The van der Waals surface area contributed by atoms with E-state index in [9.17, 15) is 18.0 Å². The van der Waals surface area contributed by atoms with Crippen molar-refractivity contribution in [3.63, 3.8) is 0 Å². The number of carbonyl (C=O) groups excluding carboxylic acids is 1. The molecule has 3 aromatic rings. The van der Waals surface area contributed by atoms with Gasteiger partial charge in [-0.05, 0) is 36.1 Å². The number of carbonyl (C=O) groups is 2. The molecule has 8 nitrogen and oxygen atoms in total. The molecular weight excluding hydrogens is 479 g/mol. The maximum absolute atomic E-state index is 12.2. The van der Waals surface area contributed by atoms with E-state index in [2.05, 4.69) is 23.6 Å². The highest BCUT2D eigenvalue weighted by atomic mass is 19.4. The number of alkyl halides is 3. The Labute approximate surface area is 205 Å². The van der Waals surface area contributed by atoms with Crippen molar-refractivity contribution in [1.29, 1.82) is 0 Å². The lowest BCUT2D eigenvalue weighted by atomic mass is 10.1. The first-order chi connectivity index (χ1) is 17.1. The summed E-state index contributed by atoms with van der Waals surface area (Å²) in [6.45, 7) is 3.66. The van der Waals surface area contributed by atoms with Gasteiger partial charge < -0.3 is 19.9 Å². The number of carboxylic acids is 1. The molecular formula is C25H26F3N3O5. The molecule has 1 aliphatic rings. The van der Waals surface area contributed by atoms with Gasteiger partial charge in [0.15, 0.2) is 6.61 Å². The van der Waals surface area contributed by atoms with Crippen LogP contribution in [0.15, 0.2) is 60.8 Å². The molecule has 0 saturated carbocycles. The number of para-hydroxylation sites is 1. The number of hydrogen-bond acceptors (Lipinski definition) is 5. The number of hydrogen-bond donors (Lipinski definition) is 2. The quantitative estimate of drug-likeness (QED) is 0.508. The van der Waals surface area contributed by atoms with E-state index in [0.717, 1.165) is 30.0 Å². The van der Waals surface area contributed by atoms with Gasteiger partial charge in [-0.3, -0.25) is 9.48 Å². The van der Waals surface area contributed by atoms with Gasteiger partial charge in [-0.25, -0.2) is 4.79 Å². The first kappa shape index (κ1) is 26.7. The fourth-order valence-corrected chi connectivity index (χ4v) is 3.46. The highest BCUT2D eigenvalue weighted by molar-refractivity contribution is 5.77. The smallest absolute Gasteiger partial charge is 0.484 e. The summed E-state index contributed by atoms with van der Waals surface area (Å²) >= 11 is 0. The van der Waals surface area contributed by atoms with Crippen LogP contribution in [0.3, 0.4) is 0 Å². The van der Waals surface area contributed by atoms with Crippen molar-refractivity contribution >= 4 is 11.9 Å². The average molecular weight is 505 g/mol. The van der Waals surface area contributed by atoms with Crippen molar-refractivity contribution in [2.24, 2.45) is 0 Å². The monoisotopic (exact) mass is 505 g/mol. The summed E-state index contributed by atoms with van der Waals surface area (Å²) in [5, 5.41) is 14.7. The molecule has 1 unspecified atom stereocenters. The fourth-order valence-electron chi connectivity index (χ4n) is 3.46. The minimum absolute atomic E-state index is 0.0210. The van der Waals surface area contributed by atoms with Crippen LogP contribution in [0.2, 0.25) is 0 Å². The number of aryl methyl sites for hydroxylation is 1. The molecule has 0 bridgehead atoms. The number of ether oxygens (including phenoxy) is 2. The Hall–Kier alpha value is -3.86. The Morgan fingerprint density at radius 1 is 1.17 bits per heavy atom. The second kappa shape index (κ2) is 12.2. The van der Waals surface area contributed by atoms with Crippen LogP contribution in [0, 0.1) is 6.92 Å². The lowest BCUT2D eigenvalue weighted by Gasteiger charge is -2.22. The van der Waals surface area contributed by atoms with Crippen molar-refractivity contribution in [1.82, 2.24) is 15.1 Å². The molecule has 1 atom stereocenters. The van der Waals surface area contributed by atoms with Gasteiger partial charge in [-0.15, -0.1) is 0 Å². The van der Waals surface area contributed by atoms with Crippen molar-refractivity contribution in [2.75, 3.05) is 19.8 Å². The Morgan fingerprint density at radius 2 is 1.83 bits per heavy atom. The molecule has 1 aromatic heterocycles. The highest BCUT2D eigenvalue weighted by Crippen LogP contribution is 2.25. The number of aliphatic carboxylic acids is 1. The van der Waals surface area contributed by atoms with Gasteiger partial charge in [-0.1, -0.05) is 48.5 Å². The van der Waals surface area contributed by atoms with E-state index >= 15 is 0 Å². The number of nitrogens with zero attached hydrogens (tertiary/aromatic N) is 2. The number of carboxylic acid groups (broad SMARTS) is 1. The largest absolute Gasteiger partial charge is 0.490 e. The van der Waals surface area contributed by atoms with E-state index in [-0.39, 0.29) is 18.6 Å². The molecule has 2 aromatic carbocycles. The van der Waals surface area contributed by atoms with Crippen molar-refractivity contribution in [3.8, 4) is 5.75 Å².